The first-order valence-electron chi connectivity index (χ1n) is 8.64. The number of piperidine rings is 1. The largest absolute Gasteiger partial charge is 0.342 e. The number of para-hydroxylation sites is 1. The normalized spacial score (nSPS) is 16.7. The van der Waals surface area contributed by atoms with Crippen molar-refractivity contribution in [2.45, 2.75) is 43.2 Å². The molecule has 0 spiro atoms. The van der Waals surface area contributed by atoms with E-state index in [4.69, 9.17) is 0 Å². The first-order chi connectivity index (χ1) is 12.0. The van der Waals surface area contributed by atoms with Crippen LogP contribution in [0.3, 0.4) is 0 Å². The maximum atomic E-state index is 12.6. The molecule has 0 aliphatic carbocycles. The van der Waals surface area contributed by atoms with E-state index in [9.17, 15) is 4.79 Å². The van der Waals surface area contributed by atoms with E-state index in [1.165, 1.54) is 23.1 Å². The van der Waals surface area contributed by atoms with Crippen LogP contribution < -0.4 is 5.32 Å². The van der Waals surface area contributed by atoms with Crippen molar-refractivity contribution in [3.05, 3.63) is 29.8 Å². The predicted octanol–water partition coefficient (Wildman–Crippen LogP) is 4.33. The number of carbonyl (C=O) groups excluding carboxylic acids is 1. The smallest absolute Gasteiger partial charge is 0.235 e. The monoisotopic (exact) mass is 376 g/mol. The molecule has 3 rings (SSSR count). The number of hydrogen-bond donors (Lipinski definition) is 1. The quantitative estimate of drug-likeness (QED) is 0.787. The molecule has 1 N–H and O–H groups in total. The van der Waals surface area contributed by atoms with Gasteiger partial charge in [0, 0.05) is 18.8 Å². The molecule has 1 atom stereocenters. The van der Waals surface area contributed by atoms with Crippen LogP contribution in [0.1, 0.15) is 32.3 Å². The fourth-order valence-electron chi connectivity index (χ4n) is 2.82. The molecule has 1 saturated heterocycles. The number of thioether (sulfide) groups is 1. The summed E-state index contributed by atoms with van der Waals surface area (Å²) in [5.41, 5.74) is 2.19. The number of benzene rings is 1. The number of rotatable bonds is 5. The summed E-state index contributed by atoms with van der Waals surface area (Å²) in [5, 5.41) is 12.3. The summed E-state index contributed by atoms with van der Waals surface area (Å²) in [4.78, 5) is 14.6. The topological polar surface area (TPSA) is 58.1 Å². The van der Waals surface area contributed by atoms with E-state index in [-0.39, 0.29) is 11.2 Å². The van der Waals surface area contributed by atoms with Crippen LogP contribution in [0.5, 0.6) is 0 Å². The number of likely N-dealkylation sites (tertiary alicyclic amines) is 1. The molecule has 134 valence electrons. The Morgan fingerprint density at radius 2 is 2.04 bits per heavy atom. The number of amides is 1. The Morgan fingerprint density at radius 3 is 2.76 bits per heavy atom. The van der Waals surface area contributed by atoms with Crippen LogP contribution in [0.4, 0.5) is 10.8 Å². The van der Waals surface area contributed by atoms with Crippen molar-refractivity contribution in [3.8, 4) is 0 Å². The van der Waals surface area contributed by atoms with Crippen molar-refractivity contribution in [2.75, 3.05) is 18.4 Å². The van der Waals surface area contributed by atoms with E-state index < -0.39 is 0 Å². The molecule has 1 aromatic carbocycles. The SMILES string of the molecule is Cc1ccccc1Nc1nnc(SC(C)C(=O)N2CCC(C)CC2)s1. The highest BCUT2D eigenvalue weighted by Crippen LogP contribution is 2.32. The van der Waals surface area contributed by atoms with E-state index in [1.807, 2.05) is 30.0 Å². The van der Waals surface area contributed by atoms with Gasteiger partial charge in [-0.05, 0) is 44.2 Å². The first-order valence-corrected chi connectivity index (χ1v) is 10.3. The van der Waals surface area contributed by atoms with Gasteiger partial charge >= 0.3 is 0 Å². The van der Waals surface area contributed by atoms with Gasteiger partial charge < -0.3 is 10.2 Å². The molecule has 2 heterocycles. The lowest BCUT2D eigenvalue weighted by atomic mass is 9.99. The van der Waals surface area contributed by atoms with Gasteiger partial charge in [0.25, 0.3) is 0 Å². The standard InChI is InChI=1S/C18H24N4OS2/c1-12-8-10-22(11-9-12)16(23)14(3)24-18-21-20-17(25-18)19-15-7-5-4-6-13(15)2/h4-7,12,14H,8-11H2,1-3H3,(H,19,20). The number of aromatic nitrogens is 2. The molecule has 0 bridgehead atoms. The number of nitrogens with zero attached hydrogens (tertiary/aromatic N) is 3. The van der Waals surface area contributed by atoms with E-state index in [0.717, 1.165) is 52.6 Å². The minimum atomic E-state index is -0.132. The summed E-state index contributed by atoms with van der Waals surface area (Å²) in [7, 11) is 0. The molecule has 0 saturated carbocycles. The van der Waals surface area contributed by atoms with Gasteiger partial charge in [-0.2, -0.15) is 0 Å². The van der Waals surface area contributed by atoms with Gasteiger partial charge in [-0.3, -0.25) is 4.79 Å². The van der Waals surface area contributed by atoms with Crippen LogP contribution in [0, 0.1) is 12.8 Å². The third-order valence-corrected chi connectivity index (χ3v) is 6.52. The Morgan fingerprint density at radius 1 is 1.32 bits per heavy atom. The number of nitrogens with one attached hydrogen (secondary N) is 1. The van der Waals surface area contributed by atoms with Gasteiger partial charge in [-0.1, -0.05) is 48.2 Å². The minimum absolute atomic E-state index is 0.132. The maximum Gasteiger partial charge on any atom is 0.235 e. The molecule has 2 aromatic rings. The Kier molecular flexibility index (Phi) is 5.96. The number of carbonyl (C=O) groups is 1. The maximum absolute atomic E-state index is 12.6. The molecule has 1 amide bonds. The highest BCUT2D eigenvalue weighted by Gasteiger charge is 2.26. The van der Waals surface area contributed by atoms with Crippen LogP contribution in [-0.2, 0) is 4.79 Å². The lowest BCUT2D eigenvalue weighted by Gasteiger charge is -2.31. The van der Waals surface area contributed by atoms with Crippen LogP contribution in [-0.4, -0.2) is 39.3 Å². The Balaban J connectivity index is 1.57. The van der Waals surface area contributed by atoms with Gasteiger partial charge in [0.05, 0.1) is 5.25 Å². The van der Waals surface area contributed by atoms with Gasteiger partial charge in [0.2, 0.25) is 11.0 Å². The molecule has 1 unspecified atom stereocenters. The third-order valence-electron chi connectivity index (χ3n) is 4.51. The second-order valence-electron chi connectivity index (χ2n) is 6.58. The number of hydrogen-bond acceptors (Lipinski definition) is 6. The summed E-state index contributed by atoms with van der Waals surface area (Å²) >= 11 is 2.98. The molecule has 5 nitrogen and oxygen atoms in total. The molecule has 25 heavy (non-hydrogen) atoms. The summed E-state index contributed by atoms with van der Waals surface area (Å²) in [6, 6.07) is 8.08. The van der Waals surface area contributed by atoms with Crippen LogP contribution in [0.15, 0.2) is 28.6 Å². The summed E-state index contributed by atoms with van der Waals surface area (Å²) in [5.74, 6) is 0.936. The zero-order valence-electron chi connectivity index (χ0n) is 14.9. The highest BCUT2D eigenvalue weighted by molar-refractivity contribution is 8.02. The van der Waals surface area contributed by atoms with Gasteiger partial charge in [-0.25, -0.2) is 0 Å². The second-order valence-corrected chi connectivity index (χ2v) is 9.15. The average Bonchev–Trinajstić information content (AvgIpc) is 3.04. The fraction of sp³-hybridized carbons (Fsp3) is 0.500. The van der Waals surface area contributed by atoms with Crippen molar-refractivity contribution >= 4 is 39.8 Å². The Hall–Kier alpha value is -1.60. The molecule has 1 aromatic heterocycles. The van der Waals surface area contributed by atoms with Gasteiger partial charge in [0.15, 0.2) is 4.34 Å². The predicted molar refractivity (Wildman–Crippen MR) is 105 cm³/mol. The van der Waals surface area contributed by atoms with Gasteiger partial charge in [-0.15, -0.1) is 10.2 Å². The summed E-state index contributed by atoms with van der Waals surface area (Å²) in [6.45, 7) is 8.02. The van der Waals surface area contributed by atoms with E-state index in [2.05, 4.69) is 35.4 Å². The summed E-state index contributed by atoms with van der Waals surface area (Å²) in [6.07, 6.45) is 2.21. The van der Waals surface area contributed by atoms with Crippen LogP contribution in [0.2, 0.25) is 0 Å². The molecule has 1 aliphatic heterocycles. The van der Waals surface area contributed by atoms with Gasteiger partial charge in [0.1, 0.15) is 0 Å². The number of anilines is 2. The summed E-state index contributed by atoms with van der Waals surface area (Å²) < 4.78 is 0.822. The lowest BCUT2D eigenvalue weighted by Crippen LogP contribution is -2.41. The average molecular weight is 377 g/mol. The van der Waals surface area contributed by atoms with Crippen molar-refractivity contribution in [3.63, 3.8) is 0 Å². The van der Waals surface area contributed by atoms with Crippen molar-refractivity contribution in [2.24, 2.45) is 5.92 Å². The highest BCUT2D eigenvalue weighted by atomic mass is 32.2. The molecule has 1 fully saturated rings. The van der Waals surface area contributed by atoms with Crippen LogP contribution in [0.25, 0.3) is 0 Å². The Bertz CT molecular complexity index is 725. The van der Waals surface area contributed by atoms with Crippen molar-refractivity contribution < 1.29 is 4.79 Å². The zero-order valence-corrected chi connectivity index (χ0v) is 16.5. The van der Waals surface area contributed by atoms with Crippen molar-refractivity contribution in [1.29, 1.82) is 0 Å². The molecular weight excluding hydrogens is 352 g/mol. The van der Waals surface area contributed by atoms with E-state index in [1.54, 1.807) is 0 Å². The van der Waals surface area contributed by atoms with E-state index >= 15 is 0 Å². The fourth-order valence-corrected chi connectivity index (χ4v) is 4.82. The molecular formula is C18H24N4OS2. The first kappa shape index (κ1) is 18.2. The lowest BCUT2D eigenvalue weighted by molar-refractivity contribution is -0.131. The van der Waals surface area contributed by atoms with E-state index in [0.29, 0.717) is 0 Å². The number of aryl methyl sites for hydroxylation is 1. The minimum Gasteiger partial charge on any atom is -0.342 e. The molecule has 1 aliphatic rings. The Labute approximate surface area is 157 Å². The second kappa shape index (κ2) is 8.19. The van der Waals surface area contributed by atoms with Crippen molar-refractivity contribution in [1.82, 2.24) is 15.1 Å². The third kappa shape index (κ3) is 4.73. The van der Waals surface area contributed by atoms with Crippen LogP contribution >= 0.6 is 23.1 Å². The molecule has 7 heteroatoms. The molecule has 0 radical (unpaired) electrons. The zero-order chi connectivity index (χ0) is 17.8.